The maximum atomic E-state index is 13.5. The first-order valence-electron chi connectivity index (χ1n) is 12.3. The molecule has 7 heteroatoms. The Bertz CT molecular complexity index is 1520. The molecule has 0 saturated carbocycles. The minimum absolute atomic E-state index is 0.00773. The topological polar surface area (TPSA) is 54.3 Å². The SMILES string of the molecule is CCCCc1ccc(N2C(=O)C(=Cc3cn(Cc4ccc(F)cc4)c4ccccc34)C(=O)NC2=S)cc1. The fourth-order valence-corrected chi connectivity index (χ4v) is 4.83. The van der Waals surface area contributed by atoms with Gasteiger partial charge in [-0.3, -0.25) is 19.8 Å². The minimum Gasteiger partial charge on any atom is -0.342 e. The van der Waals surface area contributed by atoms with Gasteiger partial charge in [-0.05, 0) is 72.6 Å². The highest BCUT2D eigenvalue weighted by molar-refractivity contribution is 7.80. The van der Waals surface area contributed by atoms with E-state index in [1.54, 1.807) is 18.2 Å². The van der Waals surface area contributed by atoms with Crippen LogP contribution in [-0.4, -0.2) is 21.5 Å². The van der Waals surface area contributed by atoms with Crippen LogP contribution in [0.15, 0.2) is 84.6 Å². The smallest absolute Gasteiger partial charge is 0.270 e. The zero-order valence-electron chi connectivity index (χ0n) is 20.4. The fourth-order valence-electron chi connectivity index (χ4n) is 4.55. The zero-order chi connectivity index (χ0) is 25.9. The number of amides is 2. The summed E-state index contributed by atoms with van der Waals surface area (Å²) < 4.78 is 15.4. The summed E-state index contributed by atoms with van der Waals surface area (Å²) in [6.45, 7) is 2.67. The van der Waals surface area contributed by atoms with Crippen molar-refractivity contribution in [3.63, 3.8) is 0 Å². The Morgan fingerprint density at radius 3 is 2.38 bits per heavy atom. The van der Waals surface area contributed by atoms with Gasteiger partial charge in [-0.1, -0.05) is 55.8 Å². The highest BCUT2D eigenvalue weighted by Crippen LogP contribution is 2.27. The quantitative estimate of drug-likeness (QED) is 0.188. The molecule has 0 atom stereocenters. The fraction of sp³-hybridized carbons (Fsp3) is 0.167. The van der Waals surface area contributed by atoms with Crippen molar-refractivity contribution >= 4 is 51.8 Å². The van der Waals surface area contributed by atoms with Gasteiger partial charge in [0.25, 0.3) is 11.8 Å². The first-order valence-corrected chi connectivity index (χ1v) is 12.7. The first kappa shape index (κ1) is 24.6. The van der Waals surface area contributed by atoms with E-state index in [-0.39, 0.29) is 16.5 Å². The standard InChI is InChI=1S/C30H26FN3O2S/c1-2-3-6-20-11-15-24(16-12-20)34-29(36)26(28(35)32-30(34)37)17-22-19-33(27-8-5-4-7-25(22)27)18-21-9-13-23(31)14-10-21/h4-5,7-17,19H,2-3,6,18H2,1H3,(H,32,35,37). The third kappa shape index (κ3) is 5.08. The number of hydrogen-bond acceptors (Lipinski definition) is 3. The number of aryl methyl sites for hydroxylation is 1. The number of benzene rings is 3. The number of thiocarbonyl (C=S) groups is 1. The van der Waals surface area contributed by atoms with Gasteiger partial charge in [0.05, 0.1) is 5.69 Å². The van der Waals surface area contributed by atoms with Crippen LogP contribution in [0.4, 0.5) is 10.1 Å². The summed E-state index contributed by atoms with van der Waals surface area (Å²) in [7, 11) is 0. The van der Waals surface area contributed by atoms with Crippen molar-refractivity contribution in [2.45, 2.75) is 32.7 Å². The highest BCUT2D eigenvalue weighted by atomic mass is 32.1. The number of para-hydroxylation sites is 1. The molecule has 0 radical (unpaired) electrons. The molecule has 4 aromatic rings. The second kappa shape index (κ2) is 10.5. The average molecular weight is 512 g/mol. The maximum Gasteiger partial charge on any atom is 0.270 e. The van der Waals surface area contributed by atoms with Crippen molar-refractivity contribution in [1.82, 2.24) is 9.88 Å². The Morgan fingerprint density at radius 1 is 0.946 bits per heavy atom. The molecule has 5 nitrogen and oxygen atoms in total. The number of carbonyl (C=O) groups excluding carboxylic acids is 2. The molecule has 2 heterocycles. The lowest BCUT2D eigenvalue weighted by Gasteiger charge is -2.29. The van der Waals surface area contributed by atoms with Crippen LogP contribution in [0, 0.1) is 5.82 Å². The molecule has 186 valence electrons. The van der Waals surface area contributed by atoms with Gasteiger partial charge in [-0.15, -0.1) is 0 Å². The van der Waals surface area contributed by atoms with Crippen LogP contribution in [0.25, 0.3) is 17.0 Å². The summed E-state index contributed by atoms with van der Waals surface area (Å²) in [5.74, 6) is -1.28. The van der Waals surface area contributed by atoms with Gasteiger partial charge in [0.15, 0.2) is 5.11 Å². The van der Waals surface area contributed by atoms with Gasteiger partial charge in [-0.2, -0.15) is 0 Å². The summed E-state index contributed by atoms with van der Waals surface area (Å²) in [4.78, 5) is 27.8. The molecule has 0 bridgehead atoms. The molecule has 2 amide bonds. The van der Waals surface area contributed by atoms with Crippen LogP contribution in [0.3, 0.4) is 0 Å². The zero-order valence-corrected chi connectivity index (χ0v) is 21.2. The van der Waals surface area contributed by atoms with E-state index in [2.05, 4.69) is 12.2 Å². The maximum absolute atomic E-state index is 13.5. The van der Waals surface area contributed by atoms with Gasteiger partial charge in [0.1, 0.15) is 11.4 Å². The number of nitrogens with zero attached hydrogens (tertiary/aromatic N) is 2. The van der Waals surface area contributed by atoms with Crippen LogP contribution in [-0.2, 0) is 22.6 Å². The van der Waals surface area contributed by atoms with Crippen LogP contribution >= 0.6 is 12.2 Å². The van der Waals surface area contributed by atoms with Crippen LogP contribution in [0.2, 0.25) is 0 Å². The third-order valence-electron chi connectivity index (χ3n) is 6.50. The van der Waals surface area contributed by atoms with E-state index < -0.39 is 11.8 Å². The minimum atomic E-state index is -0.527. The summed E-state index contributed by atoms with van der Waals surface area (Å²) in [5.41, 5.74) is 4.42. The molecule has 1 aliphatic heterocycles. The monoisotopic (exact) mass is 511 g/mol. The summed E-state index contributed by atoms with van der Waals surface area (Å²) in [5, 5.41) is 3.63. The second-order valence-electron chi connectivity index (χ2n) is 9.08. The molecule has 0 aliphatic carbocycles. The van der Waals surface area contributed by atoms with Crippen molar-refractivity contribution in [3.8, 4) is 0 Å². The lowest BCUT2D eigenvalue weighted by atomic mass is 10.1. The predicted molar refractivity (Wildman–Crippen MR) is 149 cm³/mol. The number of carbonyl (C=O) groups is 2. The largest absolute Gasteiger partial charge is 0.342 e. The Balaban J connectivity index is 1.49. The van der Waals surface area contributed by atoms with E-state index in [1.165, 1.54) is 22.6 Å². The molecule has 5 rings (SSSR count). The molecule has 3 aromatic carbocycles. The second-order valence-corrected chi connectivity index (χ2v) is 9.47. The van der Waals surface area contributed by atoms with E-state index in [0.717, 1.165) is 41.3 Å². The van der Waals surface area contributed by atoms with Crippen LogP contribution < -0.4 is 10.2 Å². The lowest BCUT2D eigenvalue weighted by Crippen LogP contribution is -2.54. The molecule has 1 aromatic heterocycles. The predicted octanol–water partition coefficient (Wildman–Crippen LogP) is 6.00. The van der Waals surface area contributed by atoms with Gasteiger partial charge >= 0.3 is 0 Å². The number of anilines is 1. The number of fused-ring (bicyclic) bond motifs is 1. The Hall–Kier alpha value is -4.10. The number of halogens is 1. The van der Waals surface area contributed by atoms with Crippen molar-refractivity contribution in [2.24, 2.45) is 0 Å². The van der Waals surface area contributed by atoms with Crippen LogP contribution in [0.5, 0.6) is 0 Å². The summed E-state index contributed by atoms with van der Waals surface area (Å²) >= 11 is 5.36. The molecule has 1 fully saturated rings. The molecule has 0 spiro atoms. The lowest BCUT2D eigenvalue weighted by molar-refractivity contribution is -0.122. The van der Waals surface area contributed by atoms with E-state index in [1.807, 2.05) is 59.3 Å². The van der Waals surface area contributed by atoms with Gasteiger partial charge in [0, 0.05) is 29.2 Å². The van der Waals surface area contributed by atoms with E-state index in [4.69, 9.17) is 12.2 Å². The van der Waals surface area contributed by atoms with E-state index >= 15 is 0 Å². The molecule has 37 heavy (non-hydrogen) atoms. The number of aromatic nitrogens is 1. The molecule has 1 N–H and O–H groups in total. The number of hydrogen-bond donors (Lipinski definition) is 1. The first-order chi connectivity index (χ1) is 17.9. The van der Waals surface area contributed by atoms with Crippen molar-refractivity contribution in [1.29, 1.82) is 0 Å². The Labute approximate surface area is 220 Å². The summed E-state index contributed by atoms with van der Waals surface area (Å²) in [6.07, 6.45) is 6.70. The molecule has 1 saturated heterocycles. The molecule has 1 aliphatic rings. The highest BCUT2D eigenvalue weighted by Gasteiger charge is 2.34. The van der Waals surface area contributed by atoms with Gasteiger partial charge < -0.3 is 4.57 Å². The average Bonchev–Trinajstić information content (AvgIpc) is 3.24. The van der Waals surface area contributed by atoms with Crippen molar-refractivity contribution < 1.29 is 14.0 Å². The Morgan fingerprint density at radius 2 is 1.65 bits per heavy atom. The number of nitrogens with one attached hydrogen (secondary N) is 1. The van der Waals surface area contributed by atoms with Crippen LogP contribution in [0.1, 0.15) is 36.5 Å². The number of rotatable bonds is 7. The van der Waals surface area contributed by atoms with Gasteiger partial charge in [0.2, 0.25) is 0 Å². The normalized spacial score (nSPS) is 15.0. The van der Waals surface area contributed by atoms with Gasteiger partial charge in [-0.25, -0.2) is 4.39 Å². The Kier molecular flexibility index (Phi) is 6.97. The molecular formula is C30H26FN3O2S. The third-order valence-corrected chi connectivity index (χ3v) is 6.79. The van der Waals surface area contributed by atoms with E-state index in [0.29, 0.717) is 12.2 Å². The van der Waals surface area contributed by atoms with Crippen molar-refractivity contribution in [2.75, 3.05) is 4.90 Å². The summed E-state index contributed by atoms with van der Waals surface area (Å²) in [6, 6.07) is 21.8. The van der Waals surface area contributed by atoms with E-state index in [9.17, 15) is 14.0 Å². The molecular weight excluding hydrogens is 485 g/mol. The van der Waals surface area contributed by atoms with Crippen molar-refractivity contribution in [3.05, 3.63) is 107 Å². The molecule has 0 unspecified atom stereocenters. The number of unbranched alkanes of at least 4 members (excludes halogenated alkanes) is 1.